The van der Waals surface area contributed by atoms with Crippen molar-refractivity contribution >= 4 is 11.8 Å². The van der Waals surface area contributed by atoms with Crippen molar-refractivity contribution in [3.63, 3.8) is 0 Å². The van der Waals surface area contributed by atoms with Gasteiger partial charge in [0.15, 0.2) is 0 Å². The van der Waals surface area contributed by atoms with Crippen molar-refractivity contribution in [3.05, 3.63) is 35.6 Å². The summed E-state index contributed by atoms with van der Waals surface area (Å²) in [4.78, 5) is 32.2. The molecular weight excluding hydrogens is 465 g/mol. The van der Waals surface area contributed by atoms with Gasteiger partial charge in [0.2, 0.25) is 11.8 Å². The van der Waals surface area contributed by atoms with Gasteiger partial charge in [-0.25, -0.2) is 4.39 Å². The van der Waals surface area contributed by atoms with E-state index < -0.39 is 0 Å². The van der Waals surface area contributed by atoms with Gasteiger partial charge in [0.1, 0.15) is 5.82 Å². The largest absolute Gasteiger partial charge is 0.351 e. The zero-order chi connectivity index (χ0) is 26.8. The Bertz CT molecular complexity index is 925. The fourth-order valence-corrected chi connectivity index (χ4v) is 7.09. The summed E-state index contributed by atoms with van der Waals surface area (Å²) in [7, 11) is 0. The number of carbonyl (C=O) groups is 2. The van der Waals surface area contributed by atoms with Crippen molar-refractivity contribution in [1.82, 2.24) is 15.1 Å². The van der Waals surface area contributed by atoms with Crippen molar-refractivity contribution in [2.24, 2.45) is 17.3 Å². The van der Waals surface area contributed by atoms with Crippen LogP contribution in [0, 0.1) is 23.1 Å². The van der Waals surface area contributed by atoms with Crippen LogP contribution < -0.4 is 5.32 Å². The van der Waals surface area contributed by atoms with E-state index in [-0.39, 0.29) is 40.4 Å². The third-order valence-corrected chi connectivity index (χ3v) is 9.28. The fourth-order valence-electron chi connectivity index (χ4n) is 7.09. The highest BCUT2D eigenvalue weighted by Gasteiger charge is 2.49. The molecule has 1 aliphatic carbocycles. The molecule has 1 saturated carbocycles. The molecule has 2 amide bonds. The summed E-state index contributed by atoms with van der Waals surface area (Å²) in [5.41, 5.74) is 0.406. The van der Waals surface area contributed by atoms with Crippen molar-refractivity contribution in [1.29, 1.82) is 0 Å². The van der Waals surface area contributed by atoms with Gasteiger partial charge in [-0.1, -0.05) is 31.4 Å². The van der Waals surface area contributed by atoms with Crippen LogP contribution in [-0.4, -0.2) is 59.4 Å². The van der Waals surface area contributed by atoms with E-state index in [9.17, 15) is 14.0 Å². The van der Waals surface area contributed by atoms with Crippen LogP contribution in [0.25, 0.3) is 0 Å². The number of hydrogen-bond donors (Lipinski definition) is 1. The van der Waals surface area contributed by atoms with Crippen LogP contribution in [0.5, 0.6) is 0 Å². The average molecular weight is 514 g/mol. The minimum atomic E-state index is -0.373. The maximum Gasteiger partial charge on any atom is 0.227 e. The summed E-state index contributed by atoms with van der Waals surface area (Å²) in [6.45, 7) is 13.6. The van der Waals surface area contributed by atoms with Crippen LogP contribution in [0.4, 0.5) is 4.39 Å². The van der Waals surface area contributed by atoms with E-state index in [0.717, 1.165) is 50.8 Å². The average Bonchev–Trinajstić information content (AvgIpc) is 2.88. The molecule has 4 rings (SSSR count). The highest BCUT2D eigenvalue weighted by Crippen LogP contribution is 2.47. The zero-order valence-corrected chi connectivity index (χ0v) is 23.7. The molecule has 0 bridgehead atoms. The van der Waals surface area contributed by atoms with Crippen molar-refractivity contribution in [2.45, 2.75) is 103 Å². The molecule has 2 atom stereocenters. The Hall–Kier alpha value is -1.95. The number of piperidine rings is 2. The summed E-state index contributed by atoms with van der Waals surface area (Å²) < 4.78 is 13.7. The predicted molar refractivity (Wildman–Crippen MR) is 147 cm³/mol. The smallest absolute Gasteiger partial charge is 0.227 e. The van der Waals surface area contributed by atoms with E-state index in [1.165, 1.54) is 31.4 Å². The number of halogens is 1. The highest BCUT2D eigenvalue weighted by atomic mass is 19.1. The first-order valence-electron chi connectivity index (χ1n) is 14.6. The van der Waals surface area contributed by atoms with Crippen LogP contribution in [-0.2, 0) is 9.59 Å². The topological polar surface area (TPSA) is 52.7 Å². The molecule has 1 N–H and O–H groups in total. The Kier molecular flexibility index (Phi) is 8.67. The summed E-state index contributed by atoms with van der Waals surface area (Å²) in [6, 6.07) is 7.14. The first-order chi connectivity index (χ1) is 17.5. The molecule has 3 fully saturated rings. The molecule has 2 unspecified atom stereocenters. The minimum Gasteiger partial charge on any atom is -0.351 e. The highest BCUT2D eigenvalue weighted by molar-refractivity contribution is 5.85. The van der Waals surface area contributed by atoms with E-state index in [4.69, 9.17) is 0 Å². The van der Waals surface area contributed by atoms with Gasteiger partial charge < -0.3 is 15.1 Å². The number of rotatable bonds is 5. The molecule has 3 aliphatic rings. The number of likely N-dealkylation sites (tertiary alicyclic amines) is 2. The molecule has 6 heteroatoms. The number of carbonyl (C=O) groups excluding carboxylic acids is 2. The fraction of sp³-hybridized carbons (Fsp3) is 0.742. The van der Waals surface area contributed by atoms with Gasteiger partial charge in [-0.15, -0.1) is 0 Å². The lowest BCUT2D eigenvalue weighted by molar-refractivity contribution is -0.149. The van der Waals surface area contributed by atoms with Gasteiger partial charge in [-0.3, -0.25) is 9.59 Å². The Morgan fingerprint density at radius 1 is 0.973 bits per heavy atom. The van der Waals surface area contributed by atoms with E-state index in [1.807, 2.05) is 17.0 Å². The number of nitrogens with zero attached hydrogens (tertiary/aromatic N) is 2. The monoisotopic (exact) mass is 513 g/mol. The van der Waals surface area contributed by atoms with Gasteiger partial charge in [-0.2, -0.15) is 0 Å². The van der Waals surface area contributed by atoms with Crippen LogP contribution in [0.2, 0.25) is 0 Å². The molecule has 0 radical (unpaired) electrons. The summed E-state index contributed by atoms with van der Waals surface area (Å²) in [6.07, 6.45) is 8.20. The molecule has 2 heterocycles. The van der Waals surface area contributed by atoms with E-state index in [1.54, 1.807) is 0 Å². The van der Waals surface area contributed by atoms with Crippen LogP contribution in [0.1, 0.15) is 97.5 Å². The lowest BCUT2D eigenvalue weighted by Gasteiger charge is -2.49. The molecule has 1 aromatic carbocycles. The second kappa shape index (κ2) is 11.4. The van der Waals surface area contributed by atoms with E-state index >= 15 is 0 Å². The Morgan fingerprint density at radius 3 is 2.16 bits per heavy atom. The Labute approximate surface area is 223 Å². The van der Waals surface area contributed by atoms with E-state index in [0.29, 0.717) is 25.0 Å². The third-order valence-electron chi connectivity index (χ3n) is 9.28. The SMILES string of the molecule is CC(C)N1CCC(C(=O)N2CCC(C(=O)NC(C)(C)C)(C3CCCCC3)CC2)C(c2ccc(F)cc2)C1. The van der Waals surface area contributed by atoms with Gasteiger partial charge in [0, 0.05) is 43.1 Å². The van der Waals surface area contributed by atoms with Crippen molar-refractivity contribution in [2.75, 3.05) is 26.2 Å². The second-order valence-corrected chi connectivity index (χ2v) is 13.2. The zero-order valence-electron chi connectivity index (χ0n) is 23.7. The minimum absolute atomic E-state index is 0.0541. The summed E-state index contributed by atoms with van der Waals surface area (Å²) >= 11 is 0. The van der Waals surface area contributed by atoms with Gasteiger partial charge >= 0.3 is 0 Å². The third kappa shape index (κ3) is 6.38. The number of benzene rings is 1. The van der Waals surface area contributed by atoms with Crippen molar-refractivity contribution < 1.29 is 14.0 Å². The maximum atomic E-state index is 14.0. The number of amides is 2. The Morgan fingerprint density at radius 2 is 1.59 bits per heavy atom. The molecule has 1 aromatic rings. The normalized spacial score (nSPS) is 25.8. The molecule has 5 nitrogen and oxygen atoms in total. The van der Waals surface area contributed by atoms with Crippen LogP contribution in [0.15, 0.2) is 24.3 Å². The van der Waals surface area contributed by atoms with Gasteiger partial charge in [0.25, 0.3) is 0 Å². The summed E-state index contributed by atoms with van der Waals surface area (Å²) in [5.74, 6) is 0.512. The lowest BCUT2D eigenvalue weighted by Crippen LogP contribution is -2.58. The van der Waals surface area contributed by atoms with Crippen LogP contribution in [0.3, 0.4) is 0 Å². The van der Waals surface area contributed by atoms with Crippen molar-refractivity contribution in [3.8, 4) is 0 Å². The maximum absolute atomic E-state index is 14.0. The van der Waals surface area contributed by atoms with Gasteiger partial charge in [0.05, 0.1) is 5.41 Å². The number of hydrogen-bond acceptors (Lipinski definition) is 3. The molecule has 206 valence electrons. The first-order valence-corrected chi connectivity index (χ1v) is 14.6. The molecule has 0 aromatic heterocycles. The molecule has 0 spiro atoms. The summed E-state index contributed by atoms with van der Waals surface area (Å²) in [5, 5.41) is 3.30. The lowest BCUT2D eigenvalue weighted by atomic mass is 9.63. The Balaban J connectivity index is 1.51. The second-order valence-electron chi connectivity index (χ2n) is 13.2. The predicted octanol–water partition coefficient (Wildman–Crippen LogP) is 5.74. The van der Waals surface area contributed by atoms with E-state index in [2.05, 4.69) is 44.8 Å². The quantitative estimate of drug-likeness (QED) is 0.546. The van der Waals surface area contributed by atoms with Crippen LogP contribution >= 0.6 is 0 Å². The molecule has 2 aliphatic heterocycles. The molecule has 2 saturated heterocycles. The van der Waals surface area contributed by atoms with Gasteiger partial charge in [-0.05, 0) is 96.9 Å². The first kappa shape index (κ1) is 28.1. The number of nitrogens with one attached hydrogen (secondary N) is 1. The molecule has 37 heavy (non-hydrogen) atoms. The molecular formula is C31H48FN3O2. The standard InChI is InChI=1S/C31H48FN3O2/c1-22(2)35-18-15-26(27(21-35)23-11-13-25(32)14-12-23)28(36)34-19-16-31(17-20-34,24-9-7-6-8-10-24)29(37)33-30(3,4)5/h11-14,22,24,26-27H,6-10,15-21H2,1-5H3,(H,33,37).